The molecule has 2 rings (SSSR count). The van der Waals surface area contributed by atoms with E-state index in [1.807, 2.05) is 0 Å². The quantitative estimate of drug-likeness (QED) is 0.613. The summed E-state index contributed by atoms with van der Waals surface area (Å²) in [5.41, 5.74) is -0.0612. The zero-order chi connectivity index (χ0) is 15.3. The van der Waals surface area contributed by atoms with Gasteiger partial charge in [0, 0.05) is 26.7 Å². The second-order valence-electron chi connectivity index (χ2n) is 4.89. The van der Waals surface area contributed by atoms with E-state index in [4.69, 9.17) is 14.2 Å². The Kier molecular flexibility index (Phi) is 4.98. The van der Waals surface area contributed by atoms with Crippen LogP contribution in [0.15, 0.2) is 18.2 Å². The Labute approximate surface area is 123 Å². The number of benzene rings is 1. The molecule has 0 bridgehead atoms. The lowest BCUT2D eigenvalue weighted by Gasteiger charge is -2.26. The van der Waals surface area contributed by atoms with E-state index in [0.717, 1.165) is 6.42 Å². The fourth-order valence-electron chi connectivity index (χ4n) is 2.34. The number of anilines is 1. The topological polar surface area (TPSA) is 82.9 Å². The maximum absolute atomic E-state index is 11.3. The monoisotopic (exact) mass is 296 g/mol. The molecule has 0 saturated carbocycles. The molecular weight excluding hydrogens is 276 g/mol. The van der Waals surface area contributed by atoms with Crippen molar-refractivity contribution in [2.45, 2.75) is 18.9 Å². The Morgan fingerprint density at radius 2 is 2.33 bits per heavy atom. The third-order valence-corrected chi connectivity index (χ3v) is 3.58. The molecule has 7 heteroatoms. The lowest BCUT2D eigenvalue weighted by Crippen LogP contribution is -2.39. The minimum atomic E-state index is -0.435. The first-order chi connectivity index (χ1) is 10.1. The molecule has 0 radical (unpaired) electrons. The second-order valence-corrected chi connectivity index (χ2v) is 4.89. The van der Waals surface area contributed by atoms with Gasteiger partial charge in [0.25, 0.3) is 0 Å². The molecule has 1 unspecified atom stereocenters. The lowest BCUT2D eigenvalue weighted by molar-refractivity contribution is -0.384. The van der Waals surface area contributed by atoms with E-state index in [1.54, 1.807) is 32.2 Å². The van der Waals surface area contributed by atoms with Crippen molar-refractivity contribution in [3.8, 4) is 5.75 Å². The van der Waals surface area contributed by atoms with Crippen LogP contribution < -0.4 is 10.1 Å². The molecule has 1 fully saturated rings. The van der Waals surface area contributed by atoms with Crippen LogP contribution in [0.25, 0.3) is 0 Å². The number of hydrogen-bond donors (Lipinski definition) is 1. The molecule has 1 aliphatic heterocycles. The number of nitro benzene ring substituents is 1. The van der Waals surface area contributed by atoms with Crippen LogP contribution in [0.4, 0.5) is 11.4 Å². The first-order valence-electron chi connectivity index (χ1n) is 6.89. The van der Waals surface area contributed by atoms with Gasteiger partial charge in [-0.3, -0.25) is 10.1 Å². The van der Waals surface area contributed by atoms with E-state index in [2.05, 4.69) is 5.32 Å². The number of nitrogens with zero attached hydrogens (tertiary/aromatic N) is 1. The van der Waals surface area contributed by atoms with Gasteiger partial charge in [0.1, 0.15) is 11.3 Å². The summed E-state index contributed by atoms with van der Waals surface area (Å²) >= 11 is 0. The first kappa shape index (κ1) is 15.5. The van der Waals surface area contributed by atoms with Crippen molar-refractivity contribution in [3.63, 3.8) is 0 Å². The normalized spacial score (nSPS) is 21.2. The van der Waals surface area contributed by atoms with Crippen LogP contribution in [-0.2, 0) is 9.47 Å². The van der Waals surface area contributed by atoms with E-state index >= 15 is 0 Å². The fourth-order valence-corrected chi connectivity index (χ4v) is 2.34. The molecule has 1 aromatic rings. The number of nitrogens with one attached hydrogen (secondary N) is 1. The van der Waals surface area contributed by atoms with Gasteiger partial charge < -0.3 is 19.5 Å². The summed E-state index contributed by atoms with van der Waals surface area (Å²) in [6.45, 7) is 3.73. The zero-order valence-corrected chi connectivity index (χ0v) is 12.3. The molecule has 1 saturated heterocycles. The molecule has 0 amide bonds. The number of ether oxygens (including phenoxy) is 3. The van der Waals surface area contributed by atoms with Crippen molar-refractivity contribution in [1.82, 2.24) is 0 Å². The molecule has 0 spiro atoms. The summed E-state index contributed by atoms with van der Waals surface area (Å²) in [4.78, 5) is 10.9. The van der Waals surface area contributed by atoms with Crippen LogP contribution in [0.1, 0.15) is 13.3 Å². The maximum Gasteiger partial charge on any atom is 0.333 e. The second kappa shape index (κ2) is 6.73. The number of nitro groups is 1. The lowest BCUT2D eigenvalue weighted by atomic mass is 10.0. The highest BCUT2D eigenvalue weighted by Gasteiger charge is 2.35. The molecule has 116 valence electrons. The van der Waals surface area contributed by atoms with Gasteiger partial charge in [0.05, 0.1) is 18.1 Å². The SMILES string of the molecule is CCOc1cccc(NCC2(OC)CCOC2)c1[N+](=O)[O-]. The van der Waals surface area contributed by atoms with Crippen molar-refractivity contribution in [2.24, 2.45) is 0 Å². The highest BCUT2D eigenvalue weighted by molar-refractivity contribution is 5.68. The number of rotatable bonds is 7. The van der Waals surface area contributed by atoms with E-state index in [0.29, 0.717) is 32.1 Å². The molecule has 1 heterocycles. The Bertz CT molecular complexity index is 500. The molecule has 1 N–H and O–H groups in total. The predicted molar refractivity (Wildman–Crippen MR) is 77.9 cm³/mol. The third kappa shape index (κ3) is 3.43. The number of para-hydroxylation sites is 1. The summed E-state index contributed by atoms with van der Waals surface area (Å²) in [6.07, 6.45) is 0.759. The van der Waals surface area contributed by atoms with E-state index in [9.17, 15) is 10.1 Å². The first-order valence-corrected chi connectivity index (χ1v) is 6.89. The van der Waals surface area contributed by atoms with Crippen LogP contribution in [0.5, 0.6) is 5.75 Å². The van der Waals surface area contributed by atoms with Gasteiger partial charge in [0.15, 0.2) is 5.75 Å². The standard InChI is InChI=1S/C14H20N2O5/c1-3-21-12-6-4-5-11(13(12)16(17)18)15-9-14(19-2)7-8-20-10-14/h4-6,15H,3,7-10H2,1-2H3. The third-order valence-electron chi connectivity index (χ3n) is 3.58. The Morgan fingerprint density at radius 1 is 1.52 bits per heavy atom. The van der Waals surface area contributed by atoms with Crippen molar-refractivity contribution < 1.29 is 19.1 Å². The molecule has 0 aliphatic carbocycles. The fraction of sp³-hybridized carbons (Fsp3) is 0.571. The predicted octanol–water partition coefficient (Wildman–Crippen LogP) is 2.21. The molecule has 7 nitrogen and oxygen atoms in total. The van der Waals surface area contributed by atoms with Crippen molar-refractivity contribution in [3.05, 3.63) is 28.3 Å². The minimum Gasteiger partial charge on any atom is -0.487 e. The van der Waals surface area contributed by atoms with Crippen LogP contribution >= 0.6 is 0 Å². The summed E-state index contributed by atoms with van der Waals surface area (Å²) in [5.74, 6) is 0.265. The highest BCUT2D eigenvalue weighted by Crippen LogP contribution is 2.35. The van der Waals surface area contributed by atoms with Crippen molar-refractivity contribution in [2.75, 3.05) is 38.8 Å². The molecule has 21 heavy (non-hydrogen) atoms. The van der Waals surface area contributed by atoms with Gasteiger partial charge in [-0.1, -0.05) is 6.07 Å². The van der Waals surface area contributed by atoms with Gasteiger partial charge in [-0.2, -0.15) is 0 Å². The average Bonchev–Trinajstić information content (AvgIpc) is 2.95. The molecule has 0 aromatic heterocycles. The van der Waals surface area contributed by atoms with Crippen LogP contribution in [0, 0.1) is 10.1 Å². The highest BCUT2D eigenvalue weighted by atomic mass is 16.6. The van der Waals surface area contributed by atoms with E-state index in [1.165, 1.54) is 0 Å². The van der Waals surface area contributed by atoms with Gasteiger partial charge in [-0.25, -0.2) is 0 Å². The Hall–Kier alpha value is -1.86. The van der Waals surface area contributed by atoms with Crippen molar-refractivity contribution in [1.29, 1.82) is 0 Å². The maximum atomic E-state index is 11.3. The number of methoxy groups -OCH3 is 1. The largest absolute Gasteiger partial charge is 0.487 e. The molecule has 1 aromatic carbocycles. The summed E-state index contributed by atoms with van der Waals surface area (Å²) < 4.78 is 16.2. The summed E-state index contributed by atoms with van der Waals surface area (Å²) in [7, 11) is 1.63. The molecular formula is C14H20N2O5. The van der Waals surface area contributed by atoms with E-state index < -0.39 is 10.5 Å². The number of hydrogen-bond acceptors (Lipinski definition) is 6. The smallest absolute Gasteiger partial charge is 0.333 e. The van der Waals surface area contributed by atoms with Crippen LogP contribution in [-0.4, -0.2) is 44.0 Å². The van der Waals surface area contributed by atoms with Gasteiger partial charge in [-0.15, -0.1) is 0 Å². The Morgan fingerprint density at radius 3 is 2.90 bits per heavy atom. The summed E-state index contributed by atoms with van der Waals surface area (Å²) in [5, 5.41) is 14.4. The minimum absolute atomic E-state index is 0.0514. The summed E-state index contributed by atoms with van der Waals surface area (Å²) in [6, 6.07) is 4.99. The molecule has 1 atom stereocenters. The van der Waals surface area contributed by atoms with Crippen LogP contribution in [0.2, 0.25) is 0 Å². The van der Waals surface area contributed by atoms with E-state index in [-0.39, 0.29) is 11.4 Å². The van der Waals surface area contributed by atoms with Crippen LogP contribution in [0.3, 0.4) is 0 Å². The van der Waals surface area contributed by atoms with Gasteiger partial charge in [-0.05, 0) is 19.1 Å². The van der Waals surface area contributed by atoms with Crippen molar-refractivity contribution >= 4 is 11.4 Å². The zero-order valence-electron chi connectivity index (χ0n) is 12.3. The van der Waals surface area contributed by atoms with Gasteiger partial charge >= 0.3 is 5.69 Å². The van der Waals surface area contributed by atoms with Gasteiger partial charge in [0.2, 0.25) is 0 Å². The molecule has 1 aliphatic rings. The average molecular weight is 296 g/mol. The Balaban J connectivity index is 2.19.